The van der Waals surface area contributed by atoms with E-state index in [4.69, 9.17) is 0 Å². The zero-order valence-electron chi connectivity index (χ0n) is 19.9. The quantitative estimate of drug-likeness (QED) is 0.484. The Hall–Kier alpha value is -0.160. The predicted octanol–water partition coefficient (Wildman–Crippen LogP) is 4.41. The van der Waals surface area contributed by atoms with Crippen LogP contribution in [-0.4, -0.2) is 98.1 Å². The average molecular weight is 397 g/mol. The van der Waals surface area contributed by atoms with Gasteiger partial charge in [-0.05, 0) is 51.9 Å². The van der Waals surface area contributed by atoms with Crippen LogP contribution in [0, 0.1) is 0 Å². The standard InChI is InChI=1S/C24H52N4/c1-5-9-13-25-17-19-26(14-10-6-2)21-23-28(16-12-8-4)24-22-27(20-18-25)15-11-7-3/h5-24H2,1-4H3. The molecule has 0 atom stereocenters. The number of rotatable bonds is 12. The Morgan fingerprint density at radius 2 is 0.536 bits per heavy atom. The topological polar surface area (TPSA) is 13.0 Å². The Morgan fingerprint density at radius 3 is 0.679 bits per heavy atom. The van der Waals surface area contributed by atoms with E-state index in [9.17, 15) is 0 Å². The van der Waals surface area contributed by atoms with Crippen molar-refractivity contribution in [2.75, 3.05) is 78.5 Å². The molecule has 0 radical (unpaired) electrons. The number of hydrogen-bond acceptors (Lipinski definition) is 4. The van der Waals surface area contributed by atoms with E-state index in [0.717, 1.165) is 0 Å². The molecular formula is C24H52N4. The molecule has 168 valence electrons. The van der Waals surface area contributed by atoms with Crippen LogP contribution < -0.4 is 0 Å². The maximum absolute atomic E-state index is 2.75. The molecule has 0 aromatic heterocycles. The van der Waals surface area contributed by atoms with Crippen LogP contribution in [0.2, 0.25) is 0 Å². The summed E-state index contributed by atoms with van der Waals surface area (Å²) in [5.74, 6) is 0. The summed E-state index contributed by atoms with van der Waals surface area (Å²) in [6.07, 6.45) is 10.6. The fraction of sp³-hybridized carbons (Fsp3) is 1.00. The molecule has 4 nitrogen and oxygen atoms in total. The maximum Gasteiger partial charge on any atom is 0.0110 e. The van der Waals surface area contributed by atoms with Gasteiger partial charge in [0.25, 0.3) is 0 Å². The smallest absolute Gasteiger partial charge is 0.0110 e. The van der Waals surface area contributed by atoms with Crippen LogP contribution in [-0.2, 0) is 0 Å². The SMILES string of the molecule is CCCCN1CCN(CCCC)CCN(CCCC)CCN(CCCC)CC1. The van der Waals surface area contributed by atoms with E-state index >= 15 is 0 Å². The zero-order chi connectivity index (χ0) is 20.5. The Labute approximate surface area is 177 Å². The first kappa shape index (κ1) is 25.9. The van der Waals surface area contributed by atoms with Gasteiger partial charge >= 0.3 is 0 Å². The Morgan fingerprint density at radius 1 is 0.357 bits per heavy atom. The van der Waals surface area contributed by atoms with Gasteiger partial charge in [-0.15, -0.1) is 0 Å². The molecule has 28 heavy (non-hydrogen) atoms. The van der Waals surface area contributed by atoms with Crippen molar-refractivity contribution < 1.29 is 0 Å². The third-order valence-corrected chi connectivity index (χ3v) is 6.24. The fourth-order valence-corrected chi connectivity index (χ4v) is 4.00. The highest BCUT2D eigenvalue weighted by molar-refractivity contribution is 4.72. The van der Waals surface area contributed by atoms with Gasteiger partial charge in [0.2, 0.25) is 0 Å². The van der Waals surface area contributed by atoms with E-state index in [1.165, 1.54) is 130 Å². The Kier molecular flexibility index (Phi) is 16.3. The van der Waals surface area contributed by atoms with E-state index in [1.54, 1.807) is 0 Å². The summed E-state index contributed by atoms with van der Waals surface area (Å²) < 4.78 is 0. The first-order chi connectivity index (χ1) is 13.7. The third kappa shape index (κ3) is 12.4. The van der Waals surface area contributed by atoms with Crippen LogP contribution in [0.4, 0.5) is 0 Å². The summed E-state index contributed by atoms with van der Waals surface area (Å²) in [7, 11) is 0. The van der Waals surface area contributed by atoms with Gasteiger partial charge in [-0.1, -0.05) is 53.4 Å². The Balaban J connectivity index is 2.73. The molecular weight excluding hydrogens is 344 g/mol. The van der Waals surface area contributed by atoms with Gasteiger partial charge in [-0.2, -0.15) is 0 Å². The number of hydrogen-bond donors (Lipinski definition) is 0. The summed E-state index contributed by atoms with van der Waals surface area (Å²) in [5.41, 5.74) is 0. The van der Waals surface area contributed by atoms with Crippen molar-refractivity contribution >= 4 is 0 Å². The molecule has 0 saturated carbocycles. The monoisotopic (exact) mass is 396 g/mol. The molecule has 1 saturated heterocycles. The van der Waals surface area contributed by atoms with Crippen molar-refractivity contribution in [3.8, 4) is 0 Å². The molecule has 1 rings (SSSR count). The Bertz CT molecular complexity index is 257. The summed E-state index contributed by atoms with van der Waals surface area (Å²) in [6.45, 7) is 24.4. The van der Waals surface area contributed by atoms with Gasteiger partial charge in [-0.25, -0.2) is 0 Å². The lowest BCUT2D eigenvalue weighted by molar-refractivity contribution is 0.130. The number of nitrogens with zero attached hydrogens (tertiary/aromatic N) is 4. The molecule has 0 aliphatic carbocycles. The van der Waals surface area contributed by atoms with E-state index in [2.05, 4.69) is 47.3 Å². The fourth-order valence-electron chi connectivity index (χ4n) is 4.00. The lowest BCUT2D eigenvalue weighted by Gasteiger charge is -2.34. The van der Waals surface area contributed by atoms with Gasteiger partial charge in [0.05, 0.1) is 0 Å². The lowest BCUT2D eigenvalue weighted by atomic mass is 10.2. The van der Waals surface area contributed by atoms with Gasteiger partial charge < -0.3 is 19.6 Å². The van der Waals surface area contributed by atoms with E-state index in [-0.39, 0.29) is 0 Å². The van der Waals surface area contributed by atoms with E-state index in [0.29, 0.717) is 0 Å². The van der Waals surface area contributed by atoms with Crippen LogP contribution in [0.5, 0.6) is 0 Å². The highest BCUT2D eigenvalue weighted by Crippen LogP contribution is 2.05. The predicted molar refractivity (Wildman–Crippen MR) is 125 cm³/mol. The third-order valence-electron chi connectivity index (χ3n) is 6.24. The molecule has 0 aromatic rings. The average Bonchev–Trinajstić information content (AvgIpc) is 2.71. The molecule has 0 N–H and O–H groups in total. The van der Waals surface area contributed by atoms with Crippen molar-refractivity contribution in [3.05, 3.63) is 0 Å². The molecule has 0 amide bonds. The minimum Gasteiger partial charge on any atom is -0.301 e. The van der Waals surface area contributed by atoms with Gasteiger partial charge in [0.15, 0.2) is 0 Å². The van der Waals surface area contributed by atoms with Crippen LogP contribution in [0.3, 0.4) is 0 Å². The largest absolute Gasteiger partial charge is 0.301 e. The molecule has 0 spiro atoms. The maximum atomic E-state index is 2.75. The highest BCUT2D eigenvalue weighted by atomic mass is 15.3. The first-order valence-corrected chi connectivity index (χ1v) is 12.6. The normalized spacial score (nSPS) is 20.1. The van der Waals surface area contributed by atoms with Crippen molar-refractivity contribution in [1.82, 2.24) is 19.6 Å². The molecule has 1 heterocycles. The summed E-state index contributed by atoms with van der Waals surface area (Å²) >= 11 is 0. The molecule has 1 aliphatic rings. The molecule has 1 aliphatic heterocycles. The minimum absolute atomic E-state index is 1.25. The van der Waals surface area contributed by atoms with Gasteiger partial charge in [0.1, 0.15) is 0 Å². The van der Waals surface area contributed by atoms with Crippen molar-refractivity contribution in [3.63, 3.8) is 0 Å². The highest BCUT2D eigenvalue weighted by Gasteiger charge is 2.16. The van der Waals surface area contributed by atoms with Crippen molar-refractivity contribution in [1.29, 1.82) is 0 Å². The molecule has 0 bridgehead atoms. The second kappa shape index (κ2) is 17.7. The van der Waals surface area contributed by atoms with Crippen molar-refractivity contribution in [2.45, 2.75) is 79.1 Å². The summed E-state index contributed by atoms with van der Waals surface area (Å²) in [6, 6.07) is 0. The minimum atomic E-state index is 1.25. The van der Waals surface area contributed by atoms with Crippen LogP contribution in [0.15, 0.2) is 0 Å². The summed E-state index contributed by atoms with van der Waals surface area (Å²) in [5, 5.41) is 0. The van der Waals surface area contributed by atoms with Crippen molar-refractivity contribution in [2.24, 2.45) is 0 Å². The van der Waals surface area contributed by atoms with Crippen LogP contribution in [0.25, 0.3) is 0 Å². The number of unbranched alkanes of at least 4 members (excludes halogenated alkanes) is 4. The molecule has 0 unspecified atom stereocenters. The van der Waals surface area contributed by atoms with E-state index < -0.39 is 0 Å². The summed E-state index contributed by atoms with van der Waals surface area (Å²) in [4.78, 5) is 11.0. The zero-order valence-corrected chi connectivity index (χ0v) is 19.9. The first-order valence-electron chi connectivity index (χ1n) is 12.6. The molecule has 4 heteroatoms. The molecule has 0 aromatic carbocycles. The van der Waals surface area contributed by atoms with Gasteiger partial charge in [-0.3, -0.25) is 0 Å². The van der Waals surface area contributed by atoms with E-state index in [1.807, 2.05) is 0 Å². The van der Waals surface area contributed by atoms with Gasteiger partial charge in [0, 0.05) is 52.4 Å². The van der Waals surface area contributed by atoms with Crippen LogP contribution in [0.1, 0.15) is 79.1 Å². The molecule has 1 fully saturated rings. The van der Waals surface area contributed by atoms with Crippen LogP contribution >= 0.6 is 0 Å². The second-order valence-electron chi connectivity index (χ2n) is 8.78. The second-order valence-corrected chi connectivity index (χ2v) is 8.78. The lowest BCUT2D eigenvalue weighted by Crippen LogP contribution is -2.46.